The maximum absolute atomic E-state index is 13.2. The van der Waals surface area contributed by atoms with Crippen molar-refractivity contribution in [3.05, 3.63) is 44.9 Å². The molecule has 0 aromatic heterocycles. The molecule has 5 N–H and O–H groups in total. The van der Waals surface area contributed by atoms with Crippen LogP contribution in [0.2, 0.25) is 10.0 Å². The first-order valence-electron chi connectivity index (χ1n) is 12.1. The minimum absolute atomic E-state index is 0.0326. The number of phenols is 2. The van der Waals surface area contributed by atoms with Gasteiger partial charge in [-0.2, -0.15) is 0 Å². The van der Waals surface area contributed by atoms with Gasteiger partial charge in [0.1, 0.15) is 24.4 Å². The summed E-state index contributed by atoms with van der Waals surface area (Å²) >= 11 is 12.2. The lowest BCUT2D eigenvalue weighted by molar-refractivity contribution is -0.235. The molecule has 2 fully saturated rings. The number of anilines is 1. The summed E-state index contributed by atoms with van der Waals surface area (Å²) in [6, 6.07) is 5.43. The molecule has 0 saturated carbocycles. The van der Waals surface area contributed by atoms with Gasteiger partial charge >= 0.3 is 5.97 Å². The molecular formula is C25H28Cl2N2O9. The number of rotatable bonds is 5. The Balaban J connectivity index is 1.46. The zero-order chi connectivity index (χ0) is 27.3. The third-order valence-electron chi connectivity index (χ3n) is 7.37. The number of esters is 1. The van der Waals surface area contributed by atoms with Crippen LogP contribution in [0.25, 0.3) is 0 Å². The number of methoxy groups -OCH3 is 1. The Morgan fingerprint density at radius 1 is 1.05 bits per heavy atom. The Bertz CT molecular complexity index is 1240. The van der Waals surface area contributed by atoms with Crippen LogP contribution in [0.15, 0.2) is 18.2 Å². The van der Waals surface area contributed by atoms with Crippen LogP contribution in [0.4, 0.5) is 5.69 Å². The molecule has 206 valence electrons. The van der Waals surface area contributed by atoms with Gasteiger partial charge in [-0.15, -0.1) is 0 Å². The minimum atomic E-state index is -1.57. The van der Waals surface area contributed by atoms with Gasteiger partial charge in [-0.25, -0.2) is 4.79 Å². The molecule has 0 bridgehead atoms. The van der Waals surface area contributed by atoms with Gasteiger partial charge in [-0.1, -0.05) is 23.2 Å². The van der Waals surface area contributed by atoms with E-state index in [1.165, 1.54) is 7.11 Å². The molecule has 0 radical (unpaired) electrons. The number of aliphatic hydroxyl groups is 3. The predicted octanol–water partition coefficient (Wildman–Crippen LogP) is 1.43. The molecule has 11 nitrogen and oxygen atoms in total. The Morgan fingerprint density at radius 3 is 2.39 bits per heavy atom. The molecule has 2 aromatic carbocycles. The number of fused-ring (bicyclic) bond motifs is 3. The second kappa shape index (κ2) is 10.6. The minimum Gasteiger partial charge on any atom is -0.504 e. The Labute approximate surface area is 228 Å². The molecule has 0 amide bonds. The van der Waals surface area contributed by atoms with Crippen LogP contribution in [-0.2, 0) is 16.0 Å². The molecule has 0 unspecified atom stereocenters. The van der Waals surface area contributed by atoms with Gasteiger partial charge in [0.2, 0.25) is 5.75 Å². The van der Waals surface area contributed by atoms with Crippen molar-refractivity contribution in [3.8, 4) is 17.2 Å². The highest BCUT2D eigenvalue weighted by Crippen LogP contribution is 2.52. The fraction of sp³-hybridized carbons (Fsp3) is 0.480. The number of aliphatic hydroxyl groups excluding tert-OH is 3. The molecule has 13 heteroatoms. The molecule has 2 aromatic rings. The number of benzene rings is 2. The molecule has 38 heavy (non-hydrogen) atoms. The van der Waals surface area contributed by atoms with E-state index in [1.807, 2.05) is 11.0 Å². The highest BCUT2D eigenvalue weighted by molar-refractivity contribution is 6.42. The van der Waals surface area contributed by atoms with E-state index in [4.69, 9.17) is 37.4 Å². The number of carbonyl (C=O) groups is 1. The van der Waals surface area contributed by atoms with E-state index in [-0.39, 0.29) is 29.0 Å². The SMILES string of the molecule is COc1c(O)c(CN2CCN(c3ccc(Cl)c(Cl)c3)CC2)c2c(c1O)[C@@H]1O[C@H](CO)[C@@H](O)[C@H](O)[C@H]1OC2=O. The Kier molecular flexibility index (Phi) is 7.53. The van der Waals surface area contributed by atoms with Gasteiger partial charge < -0.3 is 44.6 Å². The zero-order valence-corrected chi connectivity index (χ0v) is 21.9. The molecule has 0 spiro atoms. The van der Waals surface area contributed by atoms with E-state index in [9.17, 15) is 30.3 Å². The third kappa shape index (κ3) is 4.51. The molecule has 3 aliphatic rings. The van der Waals surface area contributed by atoms with Crippen molar-refractivity contribution in [2.75, 3.05) is 44.8 Å². The monoisotopic (exact) mass is 570 g/mol. The summed E-state index contributed by atoms with van der Waals surface area (Å²) in [5.41, 5.74) is 0.962. The quantitative estimate of drug-likeness (QED) is 0.332. The molecular weight excluding hydrogens is 543 g/mol. The Morgan fingerprint density at radius 2 is 1.76 bits per heavy atom. The van der Waals surface area contributed by atoms with Gasteiger partial charge in [0, 0.05) is 49.5 Å². The summed E-state index contributed by atoms with van der Waals surface area (Å²) in [4.78, 5) is 17.3. The normalized spacial score (nSPS) is 27.5. The van der Waals surface area contributed by atoms with Crippen LogP contribution >= 0.6 is 23.2 Å². The van der Waals surface area contributed by atoms with Crippen molar-refractivity contribution in [1.29, 1.82) is 0 Å². The largest absolute Gasteiger partial charge is 0.504 e. The fourth-order valence-electron chi connectivity index (χ4n) is 5.33. The maximum atomic E-state index is 13.2. The lowest BCUT2D eigenvalue weighted by Crippen LogP contribution is -2.58. The van der Waals surface area contributed by atoms with Crippen LogP contribution in [0.1, 0.15) is 27.6 Å². The number of aromatic hydroxyl groups is 2. The van der Waals surface area contributed by atoms with Crippen molar-refractivity contribution in [3.63, 3.8) is 0 Å². The van der Waals surface area contributed by atoms with Gasteiger partial charge in [0.15, 0.2) is 17.6 Å². The third-order valence-corrected chi connectivity index (χ3v) is 8.11. The topological polar surface area (TPSA) is 152 Å². The van der Waals surface area contributed by atoms with Crippen LogP contribution in [0.5, 0.6) is 17.2 Å². The molecule has 5 atom stereocenters. The smallest absolute Gasteiger partial charge is 0.339 e. The number of ether oxygens (including phenoxy) is 3. The van der Waals surface area contributed by atoms with E-state index in [2.05, 4.69) is 4.90 Å². The van der Waals surface area contributed by atoms with Crippen molar-refractivity contribution in [2.24, 2.45) is 0 Å². The van der Waals surface area contributed by atoms with Gasteiger partial charge in [-0.05, 0) is 18.2 Å². The van der Waals surface area contributed by atoms with E-state index in [1.54, 1.807) is 12.1 Å². The molecule has 5 rings (SSSR count). The van der Waals surface area contributed by atoms with Gasteiger partial charge in [0.25, 0.3) is 0 Å². The van der Waals surface area contributed by atoms with Crippen molar-refractivity contribution in [2.45, 2.75) is 37.1 Å². The van der Waals surface area contributed by atoms with Gasteiger partial charge in [-0.3, -0.25) is 4.90 Å². The Hall–Kier alpha value is -2.51. The van der Waals surface area contributed by atoms with E-state index in [0.29, 0.717) is 36.2 Å². The summed E-state index contributed by atoms with van der Waals surface area (Å²) in [6.45, 7) is 1.94. The number of piperazine rings is 1. The summed E-state index contributed by atoms with van der Waals surface area (Å²) in [5.74, 6) is -2.11. The number of nitrogens with zero attached hydrogens (tertiary/aromatic N) is 2. The number of halogens is 2. The highest BCUT2D eigenvalue weighted by Gasteiger charge is 2.53. The summed E-state index contributed by atoms with van der Waals surface area (Å²) in [7, 11) is 1.26. The standard InChI is InChI=1S/C25H28Cl2N2O9/c1-36-23-18(31)12(9-28-4-6-29(7-5-28)11-2-3-13(26)14(27)8-11)16-17(20(23)33)22-24(38-25(16)35)21(34)19(32)15(10-30)37-22/h2-3,8,15,19,21-22,24,30-34H,4-7,9-10H2,1H3/t15-,19-,21+,22+,24-/m1/s1. The first kappa shape index (κ1) is 27.1. The maximum Gasteiger partial charge on any atom is 0.339 e. The molecule has 3 heterocycles. The average Bonchev–Trinajstić information content (AvgIpc) is 2.91. The first-order chi connectivity index (χ1) is 18.2. The average molecular weight is 571 g/mol. The van der Waals surface area contributed by atoms with Crippen molar-refractivity contribution >= 4 is 34.9 Å². The van der Waals surface area contributed by atoms with Crippen molar-refractivity contribution < 1.29 is 44.5 Å². The van der Waals surface area contributed by atoms with Crippen LogP contribution in [0, 0.1) is 0 Å². The van der Waals surface area contributed by atoms with Gasteiger partial charge in [0.05, 0.1) is 29.3 Å². The van der Waals surface area contributed by atoms with Crippen LogP contribution in [0.3, 0.4) is 0 Å². The van der Waals surface area contributed by atoms with E-state index < -0.39 is 54.6 Å². The van der Waals surface area contributed by atoms with Crippen molar-refractivity contribution in [1.82, 2.24) is 4.90 Å². The van der Waals surface area contributed by atoms with E-state index in [0.717, 1.165) is 5.69 Å². The van der Waals surface area contributed by atoms with Crippen LogP contribution < -0.4 is 9.64 Å². The molecule has 3 aliphatic heterocycles. The molecule has 0 aliphatic carbocycles. The first-order valence-corrected chi connectivity index (χ1v) is 12.8. The molecule has 2 saturated heterocycles. The van der Waals surface area contributed by atoms with E-state index >= 15 is 0 Å². The summed E-state index contributed by atoms with van der Waals surface area (Å²) in [5, 5.41) is 53.4. The number of hydrogen-bond donors (Lipinski definition) is 5. The summed E-state index contributed by atoms with van der Waals surface area (Å²) in [6.07, 6.45) is -6.82. The van der Waals surface area contributed by atoms with Crippen LogP contribution in [-0.4, -0.2) is 101 Å². The summed E-state index contributed by atoms with van der Waals surface area (Å²) < 4.78 is 16.5. The second-order valence-electron chi connectivity index (χ2n) is 9.49. The predicted molar refractivity (Wildman–Crippen MR) is 136 cm³/mol. The fourth-order valence-corrected chi connectivity index (χ4v) is 5.63. The highest BCUT2D eigenvalue weighted by atomic mass is 35.5. The number of hydrogen-bond acceptors (Lipinski definition) is 11. The lowest BCUT2D eigenvalue weighted by Gasteiger charge is -2.45. The number of phenolic OH excluding ortho intramolecular Hbond substituents is 2. The lowest BCUT2D eigenvalue weighted by atomic mass is 9.84. The number of carbonyl (C=O) groups excluding carboxylic acids is 1. The second-order valence-corrected chi connectivity index (χ2v) is 10.3. The zero-order valence-electron chi connectivity index (χ0n) is 20.4.